The molecule has 0 fully saturated rings. The van der Waals surface area contributed by atoms with Gasteiger partial charge in [-0.15, -0.1) is 0 Å². The van der Waals surface area contributed by atoms with Crippen LogP contribution in [-0.4, -0.2) is 17.4 Å². The zero-order valence-corrected chi connectivity index (χ0v) is 16.0. The molecule has 1 unspecified atom stereocenters. The van der Waals surface area contributed by atoms with Crippen molar-refractivity contribution >= 4 is 22.5 Å². The molecular formula is C22H25N3O2. The minimum Gasteiger partial charge on any atom is -0.439 e. The number of hydrogen-bond acceptors (Lipinski definition) is 4. The molecule has 0 aliphatic rings. The third-order valence-electron chi connectivity index (χ3n) is 4.26. The topological polar surface area (TPSA) is 63.2 Å². The number of rotatable bonds is 7. The SMILES string of the molecule is CCCNc1ccc(Oc2ccc3cc(C(C)NC(C)=O)ccc3n2)cc1. The number of pyridine rings is 1. The molecule has 2 N–H and O–H groups in total. The lowest BCUT2D eigenvalue weighted by Gasteiger charge is -2.13. The summed E-state index contributed by atoms with van der Waals surface area (Å²) in [6.45, 7) is 6.58. The number of benzene rings is 2. The van der Waals surface area contributed by atoms with Gasteiger partial charge in [0.1, 0.15) is 5.75 Å². The molecule has 5 heteroatoms. The summed E-state index contributed by atoms with van der Waals surface area (Å²) in [5.74, 6) is 1.26. The molecular weight excluding hydrogens is 338 g/mol. The zero-order chi connectivity index (χ0) is 19.2. The molecule has 5 nitrogen and oxygen atoms in total. The fourth-order valence-corrected chi connectivity index (χ4v) is 2.87. The van der Waals surface area contributed by atoms with Crippen molar-refractivity contribution in [3.8, 4) is 11.6 Å². The normalized spacial score (nSPS) is 11.8. The van der Waals surface area contributed by atoms with Gasteiger partial charge in [0.15, 0.2) is 0 Å². The molecule has 140 valence electrons. The van der Waals surface area contributed by atoms with Gasteiger partial charge in [-0.3, -0.25) is 4.79 Å². The number of carbonyl (C=O) groups is 1. The summed E-state index contributed by atoms with van der Waals surface area (Å²) in [6.07, 6.45) is 1.09. The highest BCUT2D eigenvalue weighted by Crippen LogP contribution is 2.25. The van der Waals surface area contributed by atoms with Crippen molar-refractivity contribution in [1.29, 1.82) is 0 Å². The lowest BCUT2D eigenvalue weighted by Crippen LogP contribution is -2.23. The van der Waals surface area contributed by atoms with Crippen LogP contribution in [0.1, 0.15) is 38.8 Å². The quantitative estimate of drug-likeness (QED) is 0.617. The van der Waals surface area contributed by atoms with E-state index < -0.39 is 0 Å². The summed E-state index contributed by atoms with van der Waals surface area (Å²) in [7, 11) is 0. The van der Waals surface area contributed by atoms with Crippen molar-refractivity contribution in [1.82, 2.24) is 10.3 Å². The Morgan fingerprint density at radius 2 is 1.89 bits per heavy atom. The van der Waals surface area contributed by atoms with E-state index in [1.165, 1.54) is 6.92 Å². The summed E-state index contributed by atoms with van der Waals surface area (Å²) < 4.78 is 5.88. The summed E-state index contributed by atoms with van der Waals surface area (Å²) >= 11 is 0. The number of fused-ring (bicyclic) bond motifs is 1. The number of carbonyl (C=O) groups excluding carboxylic acids is 1. The Morgan fingerprint density at radius 3 is 2.59 bits per heavy atom. The maximum atomic E-state index is 11.2. The number of nitrogens with one attached hydrogen (secondary N) is 2. The molecule has 0 aliphatic carbocycles. The van der Waals surface area contributed by atoms with E-state index in [0.29, 0.717) is 5.88 Å². The van der Waals surface area contributed by atoms with Crippen molar-refractivity contribution in [2.75, 3.05) is 11.9 Å². The third kappa shape index (κ3) is 4.97. The van der Waals surface area contributed by atoms with Crippen LogP contribution in [0, 0.1) is 0 Å². The van der Waals surface area contributed by atoms with Crippen LogP contribution >= 0.6 is 0 Å². The van der Waals surface area contributed by atoms with Crippen LogP contribution < -0.4 is 15.4 Å². The maximum absolute atomic E-state index is 11.2. The number of nitrogens with zero attached hydrogens (tertiary/aromatic N) is 1. The van der Waals surface area contributed by atoms with Crippen molar-refractivity contribution < 1.29 is 9.53 Å². The van der Waals surface area contributed by atoms with E-state index in [9.17, 15) is 4.79 Å². The van der Waals surface area contributed by atoms with Crippen LogP contribution in [0.25, 0.3) is 10.9 Å². The number of ether oxygens (including phenoxy) is 1. The smallest absolute Gasteiger partial charge is 0.219 e. The first kappa shape index (κ1) is 18.7. The molecule has 0 bridgehead atoms. The van der Waals surface area contributed by atoms with Gasteiger partial charge >= 0.3 is 0 Å². The Morgan fingerprint density at radius 1 is 1.11 bits per heavy atom. The van der Waals surface area contributed by atoms with Gasteiger partial charge in [-0.25, -0.2) is 4.98 Å². The van der Waals surface area contributed by atoms with Gasteiger partial charge < -0.3 is 15.4 Å². The van der Waals surface area contributed by atoms with Crippen LogP contribution in [0.15, 0.2) is 54.6 Å². The average molecular weight is 363 g/mol. The van der Waals surface area contributed by atoms with Crippen LogP contribution in [0.5, 0.6) is 11.6 Å². The minimum atomic E-state index is -0.0413. The summed E-state index contributed by atoms with van der Waals surface area (Å²) in [5, 5.41) is 7.24. The van der Waals surface area contributed by atoms with E-state index in [0.717, 1.165) is 40.9 Å². The first-order valence-corrected chi connectivity index (χ1v) is 9.25. The van der Waals surface area contributed by atoms with Gasteiger partial charge in [0.25, 0.3) is 0 Å². The first-order valence-electron chi connectivity index (χ1n) is 9.25. The predicted octanol–water partition coefficient (Wildman–Crippen LogP) is 5.05. The van der Waals surface area contributed by atoms with Crippen molar-refractivity contribution in [3.05, 3.63) is 60.2 Å². The molecule has 27 heavy (non-hydrogen) atoms. The standard InChI is InChI=1S/C22H25N3O2/c1-4-13-23-19-7-9-20(10-8-19)27-22-12-6-18-14-17(5-11-21(18)25-22)15(2)24-16(3)26/h5-12,14-15,23H,4,13H2,1-3H3,(H,24,26). The van der Waals surface area contributed by atoms with Crippen LogP contribution in [-0.2, 0) is 4.79 Å². The van der Waals surface area contributed by atoms with E-state index in [1.807, 2.05) is 61.5 Å². The molecule has 0 saturated heterocycles. The van der Waals surface area contributed by atoms with E-state index in [1.54, 1.807) is 0 Å². The highest BCUT2D eigenvalue weighted by molar-refractivity contribution is 5.80. The van der Waals surface area contributed by atoms with Crippen molar-refractivity contribution in [2.24, 2.45) is 0 Å². The van der Waals surface area contributed by atoms with Crippen molar-refractivity contribution in [2.45, 2.75) is 33.2 Å². The second-order valence-corrected chi connectivity index (χ2v) is 6.58. The van der Waals surface area contributed by atoms with Gasteiger partial charge in [-0.1, -0.05) is 13.0 Å². The Balaban J connectivity index is 1.73. The number of amides is 1. The fourth-order valence-electron chi connectivity index (χ4n) is 2.87. The second kappa shape index (κ2) is 8.54. The van der Waals surface area contributed by atoms with Gasteiger partial charge in [0.05, 0.1) is 11.6 Å². The molecule has 0 spiro atoms. The Labute approximate surface area is 159 Å². The summed E-state index contributed by atoms with van der Waals surface area (Å²) in [6, 6.07) is 17.6. The van der Waals surface area contributed by atoms with E-state index >= 15 is 0 Å². The van der Waals surface area contributed by atoms with Crippen molar-refractivity contribution in [3.63, 3.8) is 0 Å². The molecule has 3 rings (SSSR count). The largest absolute Gasteiger partial charge is 0.439 e. The molecule has 3 aromatic rings. The molecule has 1 aromatic heterocycles. The highest BCUT2D eigenvalue weighted by Gasteiger charge is 2.08. The van der Waals surface area contributed by atoms with Gasteiger partial charge in [-0.2, -0.15) is 0 Å². The Hall–Kier alpha value is -3.08. The minimum absolute atomic E-state index is 0.0392. The first-order chi connectivity index (χ1) is 13.0. The molecule has 1 heterocycles. The van der Waals surface area contributed by atoms with Crippen LogP contribution in [0.3, 0.4) is 0 Å². The zero-order valence-electron chi connectivity index (χ0n) is 16.0. The number of anilines is 1. The predicted molar refractivity (Wildman–Crippen MR) is 109 cm³/mol. The Kier molecular flexibility index (Phi) is 5.91. The number of hydrogen-bond donors (Lipinski definition) is 2. The molecule has 1 amide bonds. The second-order valence-electron chi connectivity index (χ2n) is 6.58. The fraction of sp³-hybridized carbons (Fsp3) is 0.273. The Bertz CT molecular complexity index is 922. The lowest BCUT2D eigenvalue weighted by atomic mass is 10.1. The van der Waals surface area contributed by atoms with Crippen LogP contribution in [0.2, 0.25) is 0 Å². The molecule has 0 saturated carbocycles. The molecule has 1 atom stereocenters. The molecule has 0 radical (unpaired) electrons. The molecule has 2 aromatic carbocycles. The number of aromatic nitrogens is 1. The highest BCUT2D eigenvalue weighted by atomic mass is 16.5. The van der Waals surface area contributed by atoms with E-state index in [4.69, 9.17) is 4.74 Å². The monoisotopic (exact) mass is 363 g/mol. The lowest BCUT2D eigenvalue weighted by molar-refractivity contribution is -0.119. The van der Waals surface area contributed by atoms with Gasteiger partial charge in [-0.05, 0) is 61.4 Å². The van der Waals surface area contributed by atoms with E-state index in [2.05, 4.69) is 22.5 Å². The summed E-state index contributed by atoms with van der Waals surface area (Å²) in [4.78, 5) is 15.8. The summed E-state index contributed by atoms with van der Waals surface area (Å²) in [5.41, 5.74) is 2.98. The maximum Gasteiger partial charge on any atom is 0.219 e. The van der Waals surface area contributed by atoms with Gasteiger partial charge in [0.2, 0.25) is 11.8 Å². The van der Waals surface area contributed by atoms with Gasteiger partial charge in [0, 0.05) is 30.6 Å². The average Bonchev–Trinajstić information content (AvgIpc) is 2.66. The van der Waals surface area contributed by atoms with E-state index in [-0.39, 0.29) is 11.9 Å². The third-order valence-corrected chi connectivity index (χ3v) is 4.26. The van der Waals surface area contributed by atoms with Crippen LogP contribution in [0.4, 0.5) is 5.69 Å². The molecule has 0 aliphatic heterocycles.